The number of hydrogen-bond acceptors (Lipinski definition) is 6. The predicted molar refractivity (Wildman–Crippen MR) is 77.8 cm³/mol. The molecule has 2 aliphatic heterocycles. The number of hydrogen-bond donors (Lipinski definition) is 1. The highest BCUT2D eigenvalue weighted by molar-refractivity contribution is 7.05. The number of rotatable bonds is 5. The fourth-order valence-corrected chi connectivity index (χ4v) is 4.00. The van der Waals surface area contributed by atoms with Gasteiger partial charge in [-0.3, -0.25) is 0 Å². The molecule has 0 radical (unpaired) electrons. The third kappa shape index (κ3) is 3.03. The molecule has 1 aromatic heterocycles. The fourth-order valence-electron chi connectivity index (χ4n) is 3.32. The number of nitrogens with zero attached hydrogens (tertiary/aromatic N) is 2. The molecule has 2 fully saturated rings. The molecule has 0 bridgehead atoms. The van der Waals surface area contributed by atoms with E-state index in [1.807, 2.05) is 6.20 Å². The average molecular weight is 297 g/mol. The lowest BCUT2D eigenvalue weighted by Crippen LogP contribution is -2.44. The van der Waals surface area contributed by atoms with Gasteiger partial charge < -0.3 is 14.8 Å². The molecule has 0 saturated carbocycles. The maximum atomic E-state index is 6.05. The van der Waals surface area contributed by atoms with Crippen molar-refractivity contribution in [1.29, 1.82) is 0 Å². The van der Waals surface area contributed by atoms with Crippen LogP contribution in [0.15, 0.2) is 6.20 Å². The Kier molecular flexibility index (Phi) is 4.65. The molecule has 3 atom stereocenters. The van der Waals surface area contributed by atoms with Crippen molar-refractivity contribution < 1.29 is 9.47 Å². The first kappa shape index (κ1) is 14.4. The van der Waals surface area contributed by atoms with Crippen LogP contribution >= 0.6 is 11.5 Å². The van der Waals surface area contributed by atoms with Crippen molar-refractivity contribution in [3.8, 4) is 0 Å². The van der Waals surface area contributed by atoms with Crippen molar-refractivity contribution in [1.82, 2.24) is 14.9 Å². The van der Waals surface area contributed by atoms with Gasteiger partial charge >= 0.3 is 0 Å². The lowest BCUT2D eigenvalue weighted by Gasteiger charge is -2.40. The minimum absolute atomic E-state index is 0.0345. The summed E-state index contributed by atoms with van der Waals surface area (Å²) in [4.78, 5) is 1.25. The second kappa shape index (κ2) is 6.47. The Bertz CT molecular complexity index is 407. The summed E-state index contributed by atoms with van der Waals surface area (Å²) in [6.45, 7) is 5.66. The van der Waals surface area contributed by atoms with Crippen LogP contribution in [0.1, 0.15) is 43.5 Å². The van der Waals surface area contributed by atoms with E-state index in [0.717, 1.165) is 52.0 Å². The van der Waals surface area contributed by atoms with Crippen LogP contribution in [0.5, 0.6) is 0 Å². The van der Waals surface area contributed by atoms with Gasteiger partial charge in [-0.15, -0.1) is 5.10 Å². The Labute approximate surface area is 124 Å². The zero-order valence-corrected chi connectivity index (χ0v) is 12.8. The highest BCUT2D eigenvalue weighted by atomic mass is 32.1. The van der Waals surface area contributed by atoms with Crippen molar-refractivity contribution in [3.63, 3.8) is 0 Å². The molecule has 0 aliphatic carbocycles. The van der Waals surface area contributed by atoms with Gasteiger partial charge in [-0.05, 0) is 43.3 Å². The summed E-state index contributed by atoms with van der Waals surface area (Å²) in [7, 11) is 0. The Morgan fingerprint density at radius 1 is 1.55 bits per heavy atom. The van der Waals surface area contributed by atoms with Crippen LogP contribution in [-0.2, 0) is 9.47 Å². The third-order valence-corrected chi connectivity index (χ3v) is 5.11. The summed E-state index contributed by atoms with van der Waals surface area (Å²) >= 11 is 1.51. The van der Waals surface area contributed by atoms with E-state index in [1.54, 1.807) is 0 Å². The Morgan fingerprint density at radius 3 is 3.20 bits per heavy atom. The van der Waals surface area contributed by atoms with Gasteiger partial charge in [0.25, 0.3) is 0 Å². The first-order valence-electron chi connectivity index (χ1n) is 7.55. The maximum absolute atomic E-state index is 6.05. The minimum atomic E-state index is -0.0345. The number of aromatic nitrogens is 2. The van der Waals surface area contributed by atoms with Gasteiger partial charge in [0.1, 0.15) is 0 Å². The zero-order valence-electron chi connectivity index (χ0n) is 12.0. The van der Waals surface area contributed by atoms with Crippen LogP contribution in [0.2, 0.25) is 0 Å². The molecule has 0 aromatic carbocycles. The first-order valence-corrected chi connectivity index (χ1v) is 8.33. The van der Waals surface area contributed by atoms with E-state index in [9.17, 15) is 0 Å². The smallest absolute Gasteiger partial charge is 0.0940 e. The van der Waals surface area contributed by atoms with Gasteiger partial charge in [-0.2, -0.15) is 0 Å². The van der Waals surface area contributed by atoms with Crippen molar-refractivity contribution >= 4 is 11.5 Å². The highest BCUT2D eigenvalue weighted by Crippen LogP contribution is 2.41. The summed E-state index contributed by atoms with van der Waals surface area (Å²) in [5.41, 5.74) is -0.0345. The molecule has 2 aliphatic rings. The second-order valence-corrected chi connectivity index (χ2v) is 6.66. The van der Waals surface area contributed by atoms with Gasteiger partial charge in [0.2, 0.25) is 0 Å². The van der Waals surface area contributed by atoms with E-state index in [4.69, 9.17) is 9.47 Å². The molecule has 5 nitrogen and oxygen atoms in total. The molecule has 3 rings (SSSR count). The molecule has 112 valence electrons. The van der Waals surface area contributed by atoms with E-state index >= 15 is 0 Å². The molecule has 1 N–H and O–H groups in total. The lowest BCUT2D eigenvalue weighted by molar-refractivity contribution is -0.103. The summed E-state index contributed by atoms with van der Waals surface area (Å²) < 4.78 is 15.6. The lowest BCUT2D eigenvalue weighted by atomic mass is 9.80. The maximum Gasteiger partial charge on any atom is 0.0940 e. The van der Waals surface area contributed by atoms with Crippen LogP contribution in [0.25, 0.3) is 0 Å². The van der Waals surface area contributed by atoms with Gasteiger partial charge in [0.05, 0.1) is 23.3 Å². The molecule has 1 spiro atoms. The topological polar surface area (TPSA) is 56.3 Å². The molecular formula is C14H23N3O2S. The number of ether oxygens (including phenoxy) is 2. The van der Waals surface area contributed by atoms with Crippen molar-refractivity contribution in [2.75, 3.05) is 26.4 Å². The fraction of sp³-hybridized carbons (Fsp3) is 0.857. The van der Waals surface area contributed by atoms with Gasteiger partial charge in [-0.25, -0.2) is 0 Å². The Morgan fingerprint density at radius 2 is 2.50 bits per heavy atom. The van der Waals surface area contributed by atoms with E-state index in [0.29, 0.717) is 12.0 Å². The summed E-state index contributed by atoms with van der Waals surface area (Å²) in [5, 5.41) is 7.69. The monoisotopic (exact) mass is 297 g/mol. The van der Waals surface area contributed by atoms with Crippen LogP contribution in [0.4, 0.5) is 0 Å². The SMILES string of the molecule is CCCNC(c1cnns1)C1CCOC2(CCOC2)C1. The van der Waals surface area contributed by atoms with E-state index in [2.05, 4.69) is 21.8 Å². The minimum Gasteiger partial charge on any atom is -0.378 e. The molecule has 0 amide bonds. The van der Waals surface area contributed by atoms with E-state index in [-0.39, 0.29) is 5.60 Å². The van der Waals surface area contributed by atoms with E-state index < -0.39 is 0 Å². The van der Waals surface area contributed by atoms with Crippen molar-refractivity contribution in [3.05, 3.63) is 11.1 Å². The van der Waals surface area contributed by atoms with Crippen LogP contribution in [0, 0.1) is 5.92 Å². The molecule has 20 heavy (non-hydrogen) atoms. The molecule has 3 unspecified atom stereocenters. The summed E-state index contributed by atoms with van der Waals surface area (Å²) in [5.74, 6) is 0.583. The van der Waals surface area contributed by atoms with Crippen LogP contribution < -0.4 is 5.32 Å². The van der Waals surface area contributed by atoms with Crippen LogP contribution in [-0.4, -0.2) is 41.6 Å². The second-order valence-electron chi connectivity index (χ2n) is 5.84. The largest absolute Gasteiger partial charge is 0.378 e. The third-order valence-electron chi connectivity index (χ3n) is 4.37. The summed E-state index contributed by atoms with van der Waals surface area (Å²) in [6, 6.07) is 0.358. The molecule has 2 saturated heterocycles. The normalized spacial score (nSPS) is 31.8. The van der Waals surface area contributed by atoms with Gasteiger partial charge in [0.15, 0.2) is 0 Å². The standard InChI is InChI=1S/C14H23N3O2S/c1-2-5-15-13(12-9-16-17-20-12)11-3-6-19-14(8-11)4-7-18-10-14/h9,11,13,15H,2-8,10H2,1H3. The molecule has 1 aromatic rings. The Balaban J connectivity index is 1.72. The molecular weight excluding hydrogens is 274 g/mol. The molecule has 6 heteroatoms. The van der Waals surface area contributed by atoms with Gasteiger partial charge in [-0.1, -0.05) is 11.4 Å². The number of nitrogens with one attached hydrogen (secondary N) is 1. The quantitative estimate of drug-likeness (QED) is 0.902. The predicted octanol–water partition coefficient (Wildman–Crippen LogP) is 2.16. The van der Waals surface area contributed by atoms with Crippen LogP contribution in [0.3, 0.4) is 0 Å². The summed E-state index contributed by atoms with van der Waals surface area (Å²) in [6.07, 6.45) is 6.25. The average Bonchev–Trinajstić information content (AvgIpc) is 3.12. The van der Waals surface area contributed by atoms with Gasteiger partial charge in [0, 0.05) is 25.7 Å². The highest BCUT2D eigenvalue weighted by Gasteiger charge is 2.43. The zero-order chi connectivity index (χ0) is 13.8. The van der Waals surface area contributed by atoms with Crippen molar-refractivity contribution in [2.24, 2.45) is 5.92 Å². The van der Waals surface area contributed by atoms with E-state index in [1.165, 1.54) is 16.4 Å². The Hall–Kier alpha value is -0.560. The first-order chi connectivity index (χ1) is 9.83. The van der Waals surface area contributed by atoms with Crippen molar-refractivity contribution in [2.45, 2.75) is 44.2 Å². The molecule has 3 heterocycles.